The number of fused-ring (bicyclic) bond motifs is 4. The predicted molar refractivity (Wildman–Crippen MR) is 46.7 cm³/mol. The first-order valence-corrected chi connectivity index (χ1v) is 4.87. The maximum absolute atomic E-state index is 3.63. The molecule has 0 aliphatic carbocycles. The van der Waals surface area contributed by atoms with E-state index in [4.69, 9.17) is 0 Å². The van der Waals surface area contributed by atoms with Gasteiger partial charge >= 0.3 is 0 Å². The number of nitrogens with one attached hydrogen (secondary N) is 1. The van der Waals surface area contributed by atoms with E-state index in [0.29, 0.717) is 0 Å². The minimum absolute atomic E-state index is 0.822. The van der Waals surface area contributed by atoms with Gasteiger partial charge in [0.1, 0.15) is 0 Å². The summed E-state index contributed by atoms with van der Waals surface area (Å²) in [4.78, 5) is 2.65. The van der Waals surface area contributed by atoms with Crippen LogP contribution in [0.15, 0.2) is 0 Å². The standard InChI is InChI=1S/C9H18N2/c1-2-9-7-10-8-3-5-11(9)6-4-8/h8-10H,2-7H2,1H3. The van der Waals surface area contributed by atoms with Gasteiger partial charge in [0, 0.05) is 18.6 Å². The van der Waals surface area contributed by atoms with Crippen molar-refractivity contribution in [3.05, 3.63) is 0 Å². The summed E-state index contributed by atoms with van der Waals surface area (Å²) in [6, 6.07) is 1.66. The Bertz CT molecular complexity index is 128. The lowest BCUT2D eigenvalue weighted by Crippen LogP contribution is -2.39. The zero-order valence-electron chi connectivity index (χ0n) is 7.34. The zero-order chi connectivity index (χ0) is 7.68. The minimum atomic E-state index is 0.822. The fourth-order valence-corrected chi connectivity index (χ4v) is 2.30. The van der Waals surface area contributed by atoms with Crippen LogP contribution >= 0.6 is 0 Å². The summed E-state index contributed by atoms with van der Waals surface area (Å²) in [7, 11) is 0. The fourth-order valence-electron chi connectivity index (χ4n) is 2.30. The Morgan fingerprint density at radius 3 is 2.73 bits per heavy atom. The highest BCUT2D eigenvalue weighted by Crippen LogP contribution is 2.18. The molecule has 0 aromatic carbocycles. The molecule has 0 aromatic rings. The van der Waals surface area contributed by atoms with Crippen LogP contribution in [0.2, 0.25) is 0 Å². The number of rotatable bonds is 1. The lowest BCUT2D eigenvalue weighted by molar-refractivity contribution is 0.184. The Hall–Kier alpha value is -0.0800. The summed E-state index contributed by atoms with van der Waals surface area (Å²) in [6.45, 7) is 6.18. The summed E-state index contributed by atoms with van der Waals surface area (Å²) < 4.78 is 0. The maximum Gasteiger partial charge on any atom is 0.0218 e. The predicted octanol–water partition coefficient (Wildman–Crippen LogP) is 0.833. The molecule has 2 bridgehead atoms. The lowest BCUT2D eigenvalue weighted by atomic mass is 10.1. The van der Waals surface area contributed by atoms with Crippen molar-refractivity contribution in [2.24, 2.45) is 0 Å². The molecule has 1 unspecified atom stereocenters. The van der Waals surface area contributed by atoms with Gasteiger partial charge in [0.2, 0.25) is 0 Å². The monoisotopic (exact) mass is 154 g/mol. The average Bonchev–Trinajstić information content (AvgIpc) is 2.36. The van der Waals surface area contributed by atoms with Crippen LogP contribution in [0, 0.1) is 0 Å². The summed E-state index contributed by atoms with van der Waals surface area (Å²) in [6.07, 6.45) is 4.05. The highest BCUT2D eigenvalue weighted by molar-refractivity contribution is 4.87. The smallest absolute Gasteiger partial charge is 0.0218 e. The van der Waals surface area contributed by atoms with Gasteiger partial charge in [-0.05, 0) is 32.4 Å². The van der Waals surface area contributed by atoms with Gasteiger partial charge in [0.15, 0.2) is 0 Å². The number of hydrogen-bond acceptors (Lipinski definition) is 2. The molecule has 3 aliphatic rings. The molecule has 0 amide bonds. The van der Waals surface area contributed by atoms with E-state index < -0.39 is 0 Å². The molecule has 3 aliphatic heterocycles. The second-order valence-electron chi connectivity index (χ2n) is 3.78. The number of piperidine rings is 1. The van der Waals surface area contributed by atoms with Crippen molar-refractivity contribution in [1.29, 1.82) is 0 Å². The number of nitrogens with zero attached hydrogens (tertiary/aromatic N) is 1. The van der Waals surface area contributed by atoms with Crippen molar-refractivity contribution in [3.63, 3.8) is 0 Å². The third-order valence-corrected chi connectivity index (χ3v) is 3.16. The van der Waals surface area contributed by atoms with Gasteiger partial charge in [-0.25, -0.2) is 0 Å². The van der Waals surface area contributed by atoms with Gasteiger partial charge in [0.25, 0.3) is 0 Å². The van der Waals surface area contributed by atoms with Crippen LogP contribution in [0.4, 0.5) is 0 Å². The van der Waals surface area contributed by atoms with Gasteiger partial charge in [-0.2, -0.15) is 0 Å². The van der Waals surface area contributed by atoms with Crippen LogP contribution in [0.25, 0.3) is 0 Å². The summed E-state index contributed by atoms with van der Waals surface area (Å²) in [5.41, 5.74) is 0. The lowest BCUT2D eigenvalue weighted by Gasteiger charge is -2.30. The Morgan fingerprint density at radius 1 is 1.36 bits per heavy atom. The Morgan fingerprint density at radius 2 is 2.09 bits per heavy atom. The molecule has 64 valence electrons. The van der Waals surface area contributed by atoms with Crippen LogP contribution < -0.4 is 5.32 Å². The second kappa shape index (κ2) is 3.11. The van der Waals surface area contributed by atoms with Crippen LogP contribution in [0.3, 0.4) is 0 Å². The van der Waals surface area contributed by atoms with Crippen molar-refractivity contribution < 1.29 is 0 Å². The van der Waals surface area contributed by atoms with Crippen LogP contribution in [0.1, 0.15) is 26.2 Å². The van der Waals surface area contributed by atoms with Crippen molar-refractivity contribution in [3.8, 4) is 0 Å². The topological polar surface area (TPSA) is 15.3 Å². The van der Waals surface area contributed by atoms with Gasteiger partial charge in [0.05, 0.1) is 0 Å². The molecule has 1 N–H and O–H groups in total. The summed E-state index contributed by atoms with van der Waals surface area (Å²) in [5.74, 6) is 0. The molecule has 3 heterocycles. The van der Waals surface area contributed by atoms with Crippen molar-refractivity contribution in [2.75, 3.05) is 19.6 Å². The largest absolute Gasteiger partial charge is 0.312 e. The molecule has 3 fully saturated rings. The molecule has 11 heavy (non-hydrogen) atoms. The molecular formula is C9H18N2. The van der Waals surface area contributed by atoms with Crippen LogP contribution in [-0.2, 0) is 0 Å². The van der Waals surface area contributed by atoms with E-state index in [0.717, 1.165) is 12.1 Å². The van der Waals surface area contributed by atoms with Crippen molar-refractivity contribution in [2.45, 2.75) is 38.3 Å². The highest BCUT2D eigenvalue weighted by Gasteiger charge is 2.28. The Labute approximate surface area is 69.0 Å². The van der Waals surface area contributed by atoms with Crippen LogP contribution in [-0.4, -0.2) is 36.6 Å². The van der Waals surface area contributed by atoms with E-state index in [2.05, 4.69) is 17.1 Å². The van der Waals surface area contributed by atoms with Crippen molar-refractivity contribution >= 4 is 0 Å². The average molecular weight is 154 g/mol. The third kappa shape index (κ3) is 1.42. The number of hydrogen-bond donors (Lipinski definition) is 1. The molecule has 0 radical (unpaired) electrons. The second-order valence-corrected chi connectivity index (χ2v) is 3.78. The maximum atomic E-state index is 3.63. The molecule has 2 heteroatoms. The zero-order valence-corrected chi connectivity index (χ0v) is 7.34. The minimum Gasteiger partial charge on any atom is -0.312 e. The van der Waals surface area contributed by atoms with E-state index in [1.54, 1.807) is 0 Å². The molecule has 0 saturated carbocycles. The first kappa shape index (κ1) is 7.56. The van der Waals surface area contributed by atoms with Crippen molar-refractivity contribution in [1.82, 2.24) is 10.2 Å². The summed E-state index contributed by atoms with van der Waals surface area (Å²) in [5, 5.41) is 3.63. The molecular weight excluding hydrogens is 136 g/mol. The van der Waals surface area contributed by atoms with Gasteiger partial charge in [-0.3, -0.25) is 4.90 Å². The van der Waals surface area contributed by atoms with E-state index in [-0.39, 0.29) is 0 Å². The van der Waals surface area contributed by atoms with E-state index >= 15 is 0 Å². The third-order valence-electron chi connectivity index (χ3n) is 3.16. The summed E-state index contributed by atoms with van der Waals surface area (Å²) >= 11 is 0. The van der Waals surface area contributed by atoms with Crippen LogP contribution in [0.5, 0.6) is 0 Å². The van der Waals surface area contributed by atoms with Gasteiger partial charge < -0.3 is 5.32 Å². The molecule has 0 spiro atoms. The van der Waals surface area contributed by atoms with E-state index in [1.165, 1.54) is 38.9 Å². The Kier molecular flexibility index (Phi) is 2.14. The quantitative estimate of drug-likeness (QED) is 0.602. The fraction of sp³-hybridized carbons (Fsp3) is 1.00. The molecule has 3 saturated heterocycles. The Balaban J connectivity index is 2.03. The van der Waals surface area contributed by atoms with Gasteiger partial charge in [-0.15, -0.1) is 0 Å². The van der Waals surface area contributed by atoms with Gasteiger partial charge in [-0.1, -0.05) is 6.92 Å². The highest BCUT2D eigenvalue weighted by atomic mass is 15.2. The molecule has 1 atom stereocenters. The molecule has 0 aromatic heterocycles. The SMILES string of the molecule is CCC1CNC2CCN1CC2. The normalized spacial score (nSPS) is 43.9. The van der Waals surface area contributed by atoms with E-state index in [9.17, 15) is 0 Å². The van der Waals surface area contributed by atoms with E-state index in [1.807, 2.05) is 0 Å². The molecule has 3 rings (SSSR count). The molecule has 2 nitrogen and oxygen atoms in total. The first-order valence-electron chi connectivity index (χ1n) is 4.87. The first-order chi connectivity index (χ1) is 5.40.